The van der Waals surface area contributed by atoms with Gasteiger partial charge in [-0.3, -0.25) is 4.79 Å². The number of nitrogens with zero attached hydrogens (tertiary/aromatic N) is 1. The van der Waals surface area contributed by atoms with Crippen molar-refractivity contribution >= 4 is 34.8 Å². The molecule has 0 bridgehead atoms. The van der Waals surface area contributed by atoms with Gasteiger partial charge in [0, 0.05) is 17.5 Å². The van der Waals surface area contributed by atoms with E-state index in [2.05, 4.69) is 22.5 Å². The van der Waals surface area contributed by atoms with Crippen LogP contribution in [0.5, 0.6) is 0 Å². The summed E-state index contributed by atoms with van der Waals surface area (Å²) in [6.45, 7) is 4.29. The van der Waals surface area contributed by atoms with E-state index in [1.54, 1.807) is 11.3 Å². The maximum atomic E-state index is 11.8. The number of nitrogens with one attached hydrogen (secondary N) is 2. The van der Waals surface area contributed by atoms with Crippen LogP contribution in [0.4, 0.5) is 5.13 Å². The van der Waals surface area contributed by atoms with Gasteiger partial charge in [0.1, 0.15) is 0 Å². The van der Waals surface area contributed by atoms with E-state index in [1.165, 1.54) is 17.7 Å². The number of carbonyl (C=O) groups is 1. The lowest BCUT2D eigenvalue weighted by molar-refractivity contribution is -0.116. The predicted molar refractivity (Wildman–Crippen MR) is 82.2 cm³/mol. The monoisotopic (exact) mass is 303 g/mol. The Morgan fingerprint density at radius 2 is 2.26 bits per heavy atom. The molecule has 6 heteroatoms. The van der Waals surface area contributed by atoms with E-state index in [0.29, 0.717) is 12.3 Å². The molecule has 0 aromatic carbocycles. The number of anilines is 1. The van der Waals surface area contributed by atoms with Gasteiger partial charge in [0.2, 0.25) is 5.91 Å². The van der Waals surface area contributed by atoms with Gasteiger partial charge in [0.05, 0.1) is 0 Å². The summed E-state index contributed by atoms with van der Waals surface area (Å²) < 4.78 is 0. The largest absolute Gasteiger partial charge is 0.317 e. The summed E-state index contributed by atoms with van der Waals surface area (Å²) in [5, 5.41) is 6.97. The van der Waals surface area contributed by atoms with Crippen LogP contribution in [0, 0.1) is 5.92 Å². The predicted octanol–water partition coefficient (Wildman–Crippen LogP) is 2.85. The number of rotatable bonds is 5. The molecule has 1 amide bonds. The number of carbonyl (C=O) groups excluding carboxylic acids is 1. The fraction of sp³-hybridized carbons (Fsp3) is 0.692. The third-order valence-electron chi connectivity index (χ3n) is 3.39. The SMILES string of the molecule is CCc1cnc(NC(=O)CCC2CCNCC2)s1.Cl. The first-order valence-electron chi connectivity index (χ1n) is 6.73. The van der Waals surface area contributed by atoms with E-state index in [4.69, 9.17) is 0 Å². The van der Waals surface area contributed by atoms with Crippen LogP contribution < -0.4 is 10.6 Å². The second kappa shape index (κ2) is 8.51. The molecule has 2 heterocycles. The van der Waals surface area contributed by atoms with Gasteiger partial charge in [-0.05, 0) is 44.7 Å². The van der Waals surface area contributed by atoms with Gasteiger partial charge < -0.3 is 10.6 Å². The van der Waals surface area contributed by atoms with E-state index in [0.717, 1.165) is 31.1 Å². The Balaban J connectivity index is 0.00000180. The second-order valence-electron chi connectivity index (χ2n) is 4.77. The maximum absolute atomic E-state index is 11.8. The lowest BCUT2D eigenvalue weighted by Crippen LogP contribution is -2.28. The number of amides is 1. The highest BCUT2D eigenvalue weighted by Crippen LogP contribution is 2.20. The number of piperidine rings is 1. The quantitative estimate of drug-likeness (QED) is 0.879. The Labute approximate surface area is 124 Å². The van der Waals surface area contributed by atoms with Gasteiger partial charge in [-0.1, -0.05) is 6.92 Å². The van der Waals surface area contributed by atoms with Crippen LogP contribution >= 0.6 is 23.7 Å². The molecular weight excluding hydrogens is 282 g/mol. The summed E-state index contributed by atoms with van der Waals surface area (Å²) in [5.74, 6) is 0.810. The molecule has 1 aliphatic rings. The van der Waals surface area contributed by atoms with Gasteiger partial charge in [-0.2, -0.15) is 0 Å². The lowest BCUT2D eigenvalue weighted by atomic mass is 9.93. The first-order chi connectivity index (χ1) is 8.78. The van der Waals surface area contributed by atoms with Crippen molar-refractivity contribution in [3.05, 3.63) is 11.1 Å². The number of hydrogen-bond donors (Lipinski definition) is 2. The summed E-state index contributed by atoms with van der Waals surface area (Å²) in [7, 11) is 0. The van der Waals surface area contributed by atoms with Gasteiger partial charge in [-0.15, -0.1) is 23.7 Å². The topological polar surface area (TPSA) is 54.0 Å². The van der Waals surface area contributed by atoms with Crippen LogP contribution in [0.15, 0.2) is 6.20 Å². The molecule has 4 nitrogen and oxygen atoms in total. The van der Waals surface area contributed by atoms with Crippen molar-refractivity contribution in [2.45, 2.75) is 39.0 Å². The van der Waals surface area contributed by atoms with Crippen molar-refractivity contribution in [1.82, 2.24) is 10.3 Å². The summed E-state index contributed by atoms with van der Waals surface area (Å²) in [6.07, 6.45) is 6.83. The van der Waals surface area contributed by atoms with Gasteiger partial charge in [-0.25, -0.2) is 4.98 Å². The molecule has 0 radical (unpaired) electrons. The average Bonchev–Trinajstić information content (AvgIpc) is 2.85. The zero-order valence-corrected chi connectivity index (χ0v) is 12.9. The first kappa shape index (κ1) is 16.4. The number of halogens is 1. The number of thiazole rings is 1. The molecule has 0 saturated carbocycles. The van der Waals surface area contributed by atoms with Crippen LogP contribution in [-0.2, 0) is 11.2 Å². The molecule has 0 unspecified atom stereocenters. The Kier molecular flexibility index (Phi) is 7.34. The molecule has 0 atom stereocenters. The molecule has 1 aromatic heterocycles. The molecule has 0 aliphatic carbocycles. The Bertz CT molecular complexity index is 391. The summed E-state index contributed by atoms with van der Waals surface area (Å²) in [6, 6.07) is 0. The third-order valence-corrected chi connectivity index (χ3v) is 4.44. The Morgan fingerprint density at radius 1 is 1.53 bits per heavy atom. The molecular formula is C13H22ClN3OS. The number of hydrogen-bond acceptors (Lipinski definition) is 4. The minimum absolute atomic E-state index is 0. The molecule has 0 spiro atoms. The molecule has 2 rings (SSSR count). The van der Waals surface area contributed by atoms with Crippen molar-refractivity contribution in [3.63, 3.8) is 0 Å². The Morgan fingerprint density at radius 3 is 2.89 bits per heavy atom. The van der Waals surface area contributed by atoms with E-state index < -0.39 is 0 Å². The van der Waals surface area contributed by atoms with Crippen molar-refractivity contribution in [2.75, 3.05) is 18.4 Å². The number of aromatic nitrogens is 1. The molecule has 108 valence electrons. The Hall–Kier alpha value is -0.650. The van der Waals surface area contributed by atoms with Crippen molar-refractivity contribution in [3.8, 4) is 0 Å². The molecule has 2 N–H and O–H groups in total. The third kappa shape index (κ3) is 5.47. The minimum atomic E-state index is 0. The normalized spacial score (nSPS) is 15.8. The minimum Gasteiger partial charge on any atom is -0.317 e. The highest BCUT2D eigenvalue weighted by atomic mass is 35.5. The smallest absolute Gasteiger partial charge is 0.226 e. The van der Waals surface area contributed by atoms with E-state index in [-0.39, 0.29) is 18.3 Å². The molecule has 1 saturated heterocycles. The van der Waals surface area contributed by atoms with Crippen molar-refractivity contribution in [2.24, 2.45) is 5.92 Å². The standard InChI is InChI=1S/C13H21N3OS.ClH/c1-2-11-9-15-13(18-11)16-12(17)4-3-10-5-7-14-8-6-10;/h9-10,14H,2-8H2,1H3,(H,15,16,17);1H. The second-order valence-corrected chi connectivity index (χ2v) is 5.88. The fourth-order valence-electron chi connectivity index (χ4n) is 2.22. The summed E-state index contributed by atoms with van der Waals surface area (Å²) in [4.78, 5) is 17.2. The van der Waals surface area contributed by atoms with Crippen LogP contribution in [0.1, 0.15) is 37.5 Å². The van der Waals surface area contributed by atoms with Crippen LogP contribution in [0.3, 0.4) is 0 Å². The molecule has 1 aromatic rings. The highest BCUT2D eigenvalue weighted by Gasteiger charge is 2.15. The van der Waals surface area contributed by atoms with Crippen LogP contribution in [0.2, 0.25) is 0 Å². The summed E-state index contributed by atoms with van der Waals surface area (Å²) in [5.41, 5.74) is 0. The zero-order chi connectivity index (χ0) is 12.8. The van der Waals surface area contributed by atoms with E-state index in [1.807, 2.05) is 6.20 Å². The van der Waals surface area contributed by atoms with Crippen molar-refractivity contribution < 1.29 is 4.79 Å². The first-order valence-corrected chi connectivity index (χ1v) is 7.55. The summed E-state index contributed by atoms with van der Waals surface area (Å²) >= 11 is 1.57. The van der Waals surface area contributed by atoms with Gasteiger partial charge >= 0.3 is 0 Å². The zero-order valence-electron chi connectivity index (χ0n) is 11.3. The van der Waals surface area contributed by atoms with Crippen molar-refractivity contribution in [1.29, 1.82) is 0 Å². The van der Waals surface area contributed by atoms with Crippen LogP contribution in [0.25, 0.3) is 0 Å². The average molecular weight is 304 g/mol. The number of aryl methyl sites for hydroxylation is 1. The van der Waals surface area contributed by atoms with Crippen LogP contribution in [-0.4, -0.2) is 24.0 Å². The molecule has 19 heavy (non-hydrogen) atoms. The molecule has 1 aliphatic heterocycles. The maximum Gasteiger partial charge on any atom is 0.226 e. The lowest BCUT2D eigenvalue weighted by Gasteiger charge is -2.21. The van der Waals surface area contributed by atoms with Gasteiger partial charge in [0.15, 0.2) is 5.13 Å². The highest BCUT2D eigenvalue weighted by molar-refractivity contribution is 7.15. The molecule has 1 fully saturated rings. The van der Waals surface area contributed by atoms with Gasteiger partial charge in [0.25, 0.3) is 0 Å². The fourth-order valence-corrected chi connectivity index (χ4v) is 2.98. The van der Waals surface area contributed by atoms with E-state index >= 15 is 0 Å². The van der Waals surface area contributed by atoms with E-state index in [9.17, 15) is 4.79 Å².